The van der Waals surface area contributed by atoms with Gasteiger partial charge in [-0.15, -0.1) is 0 Å². The van der Waals surface area contributed by atoms with Gasteiger partial charge in [-0.3, -0.25) is 4.79 Å². The molecule has 9 nitrogen and oxygen atoms in total. The lowest BCUT2D eigenvalue weighted by Crippen LogP contribution is -2.32. The van der Waals surface area contributed by atoms with Crippen molar-refractivity contribution in [1.82, 2.24) is 20.4 Å². The number of hydrogen-bond donors (Lipinski definition) is 3. The van der Waals surface area contributed by atoms with E-state index < -0.39 is 29.5 Å². The quantitative estimate of drug-likeness (QED) is 0.127. The molecule has 2 amide bonds. The monoisotopic (exact) mass is 712 g/mol. The molecule has 272 valence electrons. The van der Waals surface area contributed by atoms with Crippen LogP contribution in [0.4, 0.5) is 29.3 Å². The number of anilines is 2. The van der Waals surface area contributed by atoms with Gasteiger partial charge in [0.15, 0.2) is 5.69 Å². The van der Waals surface area contributed by atoms with E-state index in [0.717, 1.165) is 44.9 Å². The number of amides is 2. The maximum absolute atomic E-state index is 13.9. The van der Waals surface area contributed by atoms with Crippen molar-refractivity contribution in [2.24, 2.45) is 5.92 Å². The summed E-state index contributed by atoms with van der Waals surface area (Å²) >= 11 is 0. The number of fused-ring (bicyclic) bond motifs is 1. The molecule has 5 aromatic rings. The number of carbonyl (C=O) groups is 2. The minimum atomic E-state index is -4.79. The maximum atomic E-state index is 13.9. The molecule has 0 saturated heterocycles. The predicted octanol–water partition coefficient (Wildman–Crippen LogP) is 8.48. The van der Waals surface area contributed by atoms with E-state index >= 15 is 0 Å². The third kappa shape index (κ3) is 8.74. The van der Waals surface area contributed by atoms with E-state index in [4.69, 9.17) is 4.74 Å². The predicted molar refractivity (Wildman–Crippen MR) is 197 cm³/mol. The molecule has 0 bridgehead atoms. The number of rotatable bonds is 11. The average molecular weight is 713 g/mol. The van der Waals surface area contributed by atoms with Crippen LogP contribution in [0.15, 0.2) is 91.0 Å². The average Bonchev–Trinajstić information content (AvgIpc) is 3.80. The highest BCUT2D eigenvalue weighted by atomic mass is 19.4. The van der Waals surface area contributed by atoms with Crippen LogP contribution in [-0.2, 0) is 17.5 Å². The Morgan fingerprint density at radius 3 is 2.35 bits per heavy atom. The molecule has 0 radical (unpaired) electrons. The molecule has 12 heteroatoms. The first-order valence-electron chi connectivity index (χ1n) is 17.2. The summed E-state index contributed by atoms with van der Waals surface area (Å²) in [5.41, 5.74) is 2.08. The Labute approximate surface area is 301 Å². The molecule has 1 aliphatic rings. The number of alkyl carbamates (subject to hydrolysis) is 1. The maximum Gasteiger partial charge on any atom is 0.435 e. The number of carbonyl (C=O) groups excluding carboxylic acids is 2. The minimum Gasteiger partial charge on any atom is -0.444 e. The smallest absolute Gasteiger partial charge is 0.435 e. The molecule has 52 heavy (non-hydrogen) atoms. The summed E-state index contributed by atoms with van der Waals surface area (Å²) in [4.78, 5) is 28.1. The van der Waals surface area contributed by atoms with Crippen molar-refractivity contribution in [1.29, 1.82) is 0 Å². The van der Waals surface area contributed by atoms with Crippen LogP contribution < -0.4 is 20.9 Å². The van der Waals surface area contributed by atoms with E-state index in [1.54, 1.807) is 51.1 Å². The second-order valence-electron chi connectivity index (χ2n) is 14.3. The van der Waals surface area contributed by atoms with E-state index in [2.05, 4.69) is 50.2 Å². The minimum absolute atomic E-state index is 0.0492. The fourth-order valence-corrected chi connectivity index (χ4v) is 6.12. The summed E-state index contributed by atoms with van der Waals surface area (Å²) < 4.78 is 48.1. The van der Waals surface area contributed by atoms with Crippen LogP contribution in [-0.4, -0.2) is 48.0 Å². The van der Waals surface area contributed by atoms with Crippen LogP contribution in [0.25, 0.3) is 16.5 Å². The second-order valence-corrected chi connectivity index (χ2v) is 14.3. The number of nitrogens with zero attached hydrogens (tertiary/aromatic N) is 3. The highest BCUT2D eigenvalue weighted by Crippen LogP contribution is 2.37. The molecule has 1 fully saturated rings. The largest absolute Gasteiger partial charge is 0.444 e. The first-order valence-corrected chi connectivity index (χ1v) is 17.2. The highest BCUT2D eigenvalue weighted by molar-refractivity contribution is 6.03. The Kier molecular flexibility index (Phi) is 10.3. The van der Waals surface area contributed by atoms with E-state index in [9.17, 15) is 22.8 Å². The molecular formula is C40H43F3N6O3. The zero-order valence-electron chi connectivity index (χ0n) is 29.8. The zero-order chi connectivity index (χ0) is 37.2. The number of alkyl halides is 3. The van der Waals surface area contributed by atoms with Crippen molar-refractivity contribution in [2.75, 3.05) is 30.9 Å². The van der Waals surface area contributed by atoms with Crippen molar-refractivity contribution >= 4 is 34.1 Å². The van der Waals surface area contributed by atoms with Gasteiger partial charge in [0.25, 0.3) is 5.91 Å². The Bertz CT molecular complexity index is 2080. The summed E-state index contributed by atoms with van der Waals surface area (Å²) in [5.74, 6) is -0.159. The van der Waals surface area contributed by atoms with Gasteiger partial charge >= 0.3 is 12.3 Å². The van der Waals surface area contributed by atoms with Crippen LogP contribution in [0.2, 0.25) is 0 Å². The lowest BCUT2D eigenvalue weighted by Gasteiger charge is -2.24. The van der Waals surface area contributed by atoms with Gasteiger partial charge in [0, 0.05) is 43.5 Å². The third-order valence-corrected chi connectivity index (χ3v) is 8.74. The Morgan fingerprint density at radius 1 is 0.923 bits per heavy atom. The van der Waals surface area contributed by atoms with Crippen molar-refractivity contribution < 1.29 is 27.5 Å². The molecule has 1 unspecified atom stereocenters. The summed E-state index contributed by atoms with van der Waals surface area (Å²) in [6.45, 7) is 6.09. The van der Waals surface area contributed by atoms with Crippen molar-refractivity contribution in [3.05, 3.63) is 119 Å². The van der Waals surface area contributed by atoms with Crippen LogP contribution in [0.5, 0.6) is 0 Å². The fourth-order valence-electron chi connectivity index (χ4n) is 6.12. The highest BCUT2D eigenvalue weighted by Gasteiger charge is 2.36. The summed E-state index contributed by atoms with van der Waals surface area (Å²) in [5, 5.41) is 15.2. The Morgan fingerprint density at radius 2 is 1.65 bits per heavy atom. The van der Waals surface area contributed by atoms with E-state index in [1.807, 2.05) is 44.4 Å². The van der Waals surface area contributed by atoms with Gasteiger partial charge in [-0.2, -0.15) is 18.3 Å². The lowest BCUT2D eigenvalue weighted by molar-refractivity contribution is -0.141. The summed E-state index contributed by atoms with van der Waals surface area (Å²) in [7, 11) is 4.03. The van der Waals surface area contributed by atoms with Crippen molar-refractivity contribution in [2.45, 2.75) is 58.0 Å². The normalized spacial score (nSPS) is 13.8. The van der Waals surface area contributed by atoms with Gasteiger partial charge in [0.2, 0.25) is 0 Å². The molecule has 0 spiro atoms. The van der Waals surface area contributed by atoms with Gasteiger partial charge < -0.3 is 25.6 Å². The van der Waals surface area contributed by atoms with Crippen molar-refractivity contribution in [3.63, 3.8) is 0 Å². The molecule has 1 saturated carbocycles. The Balaban J connectivity index is 1.30. The summed E-state index contributed by atoms with van der Waals surface area (Å²) in [6.07, 6.45) is -3.08. The molecule has 6 rings (SSSR count). The molecule has 1 heterocycles. The van der Waals surface area contributed by atoms with E-state index in [1.165, 1.54) is 12.8 Å². The zero-order valence-corrected chi connectivity index (χ0v) is 29.8. The van der Waals surface area contributed by atoms with Crippen molar-refractivity contribution in [3.8, 4) is 5.69 Å². The first kappa shape index (κ1) is 36.4. The SMILES string of the molecule is CN(C)c1ccc(C(NCC2CC2)c2cccc(NC(=O)c3cc(C(F)(F)F)nn3-c3cccc(CNC(=O)OC(C)(C)C)c3)c2)c2ccccc12. The van der Waals surface area contributed by atoms with Crippen LogP contribution >= 0.6 is 0 Å². The molecule has 1 aromatic heterocycles. The summed E-state index contributed by atoms with van der Waals surface area (Å²) in [6, 6.07) is 26.8. The third-order valence-electron chi connectivity index (χ3n) is 8.74. The molecule has 0 aliphatic heterocycles. The standard InChI is InChI=1S/C40H43F3N6O3/c1-39(2,3)52-38(51)45-24-26-10-8-13-29(20-26)49-34(22-35(47-49)40(41,42)43)37(50)46-28-12-9-11-27(21-28)36(44-23-25-16-17-25)32-18-19-33(48(4)5)31-15-7-6-14-30(31)32/h6-15,18-22,25,36,44H,16-17,23-24H2,1-5H3,(H,45,51)(H,46,50). The van der Waals surface area contributed by atoms with Gasteiger partial charge in [0.1, 0.15) is 11.3 Å². The lowest BCUT2D eigenvalue weighted by atomic mass is 9.92. The number of nitrogens with one attached hydrogen (secondary N) is 3. The first-order chi connectivity index (χ1) is 24.7. The van der Waals surface area contributed by atoms with E-state index in [0.29, 0.717) is 17.2 Å². The second kappa shape index (κ2) is 14.7. The topological polar surface area (TPSA) is 101 Å². The fraction of sp³-hybridized carbons (Fsp3) is 0.325. The van der Waals surface area contributed by atoms with Crippen LogP contribution in [0.1, 0.15) is 72.5 Å². The number of aromatic nitrogens is 2. The number of ether oxygens (including phenoxy) is 1. The number of halogens is 3. The molecular weight excluding hydrogens is 669 g/mol. The molecule has 4 aromatic carbocycles. The molecule has 1 aliphatic carbocycles. The van der Waals surface area contributed by atoms with Gasteiger partial charge in [0.05, 0.1) is 11.7 Å². The van der Waals surface area contributed by atoms with Crippen LogP contribution in [0.3, 0.4) is 0 Å². The van der Waals surface area contributed by atoms with Gasteiger partial charge in [-0.25, -0.2) is 9.48 Å². The molecule has 1 atom stereocenters. The van der Waals surface area contributed by atoms with E-state index in [-0.39, 0.29) is 24.0 Å². The number of hydrogen-bond acceptors (Lipinski definition) is 6. The Hall–Kier alpha value is -5.36. The molecule has 3 N–H and O–H groups in total. The van der Waals surface area contributed by atoms with Gasteiger partial charge in [-0.1, -0.05) is 54.6 Å². The van der Waals surface area contributed by atoms with Crippen LogP contribution in [0, 0.1) is 5.92 Å². The number of benzene rings is 4. The van der Waals surface area contributed by atoms with Gasteiger partial charge in [-0.05, 0) is 98.5 Å².